The molecule has 0 radical (unpaired) electrons. The molecule has 4 rings (SSSR count). The van der Waals surface area contributed by atoms with Crippen molar-refractivity contribution in [1.82, 2.24) is 0 Å². The molecule has 0 aromatic heterocycles. The van der Waals surface area contributed by atoms with E-state index in [1.165, 1.54) is 6.42 Å². The van der Waals surface area contributed by atoms with Crippen molar-refractivity contribution in [1.29, 1.82) is 0 Å². The van der Waals surface area contributed by atoms with Crippen LogP contribution in [0.3, 0.4) is 0 Å². The van der Waals surface area contributed by atoms with Gasteiger partial charge in [-0.15, -0.1) is 0 Å². The van der Waals surface area contributed by atoms with Crippen molar-refractivity contribution in [2.24, 2.45) is 17.3 Å². The quantitative estimate of drug-likeness (QED) is 0.613. The predicted octanol–water partition coefficient (Wildman–Crippen LogP) is 2.02. The maximum absolute atomic E-state index is 11.7. The third-order valence-electron chi connectivity index (χ3n) is 5.21. The lowest BCUT2D eigenvalue weighted by Crippen LogP contribution is -2.50. The minimum Gasteiger partial charge on any atom is -0.459 e. The summed E-state index contributed by atoms with van der Waals surface area (Å²) >= 11 is 0. The van der Waals surface area contributed by atoms with Crippen LogP contribution in [0.2, 0.25) is 0 Å². The molecule has 1 heterocycles. The lowest BCUT2D eigenvalue weighted by atomic mass is 9.54. The number of aliphatic hydroxyl groups excluding tert-OH is 1. The molecule has 4 aliphatic rings. The average molecular weight is 266 g/mol. The summed E-state index contributed by atoms with van der Waals surface area (Å²) in [6, 6.07) is 0. The molecule has 106 valence electrons. The van der Waals surface area contributed by atoms with E-state index in [0.717, 1.165) is 25.7 Å². The Morgan fingerprint density at radius 1 is 1.42 bits per heavy atom. The number of rotatable bonds is 2. The molecule has 19 heavy (non-hydrogen) atoms. The molecule has 5 atom stereocenters. The van der Waals surface area contributed by atoms with Crippen LogP contribution in [0.4, 0.5) is 0 Å². The van der Waals surface area contributed by atoms with Gasteiger partial charge in [0.1, 0.15) is 6.10 Å². The standard InChI is InChI=1S/C15H22O4/c1-9(2)14(17)19-12-5-11-4-3-10(12)6-15(11)7-13(16)18-8-15/h10-13,16H,1,3-8H2,2H3. The topological polar surface area (TPSA) is 55.8 Å². The van der Waals surface area contributed by atoms with Gasteiger partial charge in [-0.05, 0) is 44.4 Å². The summed E-state index contributed by atoms with van der Waals surface area (Å²) in [5, 5.41) is 9.64. The number of aliphatic hydroxyl groups is 1. The van der Waals surface area contributed by atoms with Crippen LogP contribution in [0, 0.1) is 17.3 Å². The Balaban J connectivity index is 1.69. The highest BCUT2D eigenvalue weighted by Crippen LogP contribution is 2.57. The van der Waals surface area contributed by atoms with Gasteiger partial charge < -0.3 is 14.6 Å². The van der Waals surface area contributed by atoms with Crippen LogP contribution >= 0.6 is 0 Å². The second-order valence-corrected chi connectivity index (χ2v) is 6.53. The predicted molar refractivity (Wildman–Crippen MR) is 69.2 cm³/mol. The second-order valence-electron chi connectivity index (χ2n) is 6.53. The zero-order valence-corrected chi connectivity index (χ0v) is 11.4. The van der Waals surface area contributed by atoms with Crippen LogP contribution in [0.1, 0.15) is 39.0 Å². The van der Waals surface area contributed by atoms with Crippen LogP contribution in [-0.2, 0) is 14.3 Å². The number of hydrogen-bond donors (Lipinski definition) is 1. The van der Waals surface area contributed by atoms with Gasteiger partial charge in [-0.25, -0.2) is 4.79 Å². The van der Waals surface area contributed by atoms with E-state index in [1.54, 1.807) is 6.92 Å². The molecule has 1 N–H and O–H groups in total. The molecular weight excluding hydrogens is 244 g/mol. The van der Waals surface area contributed by atoms with Gasteiger partial charge in [0.2, 0.25) is 0 Å². The first-order valence-corrected chi connectivity index (χ1v) is 7.16. The highest BCUT2D eigenvalue weighted by molar-refractivity contribution is 5.87. The summed E-state index contributed by atoms with van der Waals surface area (Å²) in [7, 11) is 0. The first-order chi connectivity index (χ1) is 9.00. The Bertz CT molecular complexity index is 405. The van der Waals surface area contributed by atoms with E-state index in [1.807, 2.05) is 0 Å². The van der Waals surface area contributed by atoms with Crippen LogP contribution in [-0.4, -0.2) is 30.1 Å². The fourth-order valence-corrected chi connectivity index (χ4v) is 4.21. The Morgan fingerprint density at radius 3 is 2.74 bits per heavy atom. The van der Waals surface area contributed by atoms with E-state index >= 15 is 0 Å². The van der Waals surface area contributed by atoms with Gasteiger partial charge in [0, 0.05) is 17.4 Å². The maximum Gasteiger partial charge on any atom is 0.333 e. The van der Waals surface area contributed by atoms with Gasteiger partial charge in [-0.2, -0.15) is 0 Å². The molecule has 4 nitrogen and oxygen atoms in total. The zero-order chi connectivity index (χ0) is 13.6. The molecule has 1 aliphatic heterocycles. The fourth-order valence-electron chi connectivity index (χ4n) is 4.21. The largest absolute Gasteiger partial charge is 0.459 e. The molecule has 3 saturated carbocycles. The van der Waals surface area contributed by atoms with Crippen molar-refractivity contribution in [3.8, 4) is 0 Å². The third-order valence-corrected chi connectivity index (χ3v) is 5.21. The normalized spacial score (nSPS) is 44.5. The van der Waals surface area contributed by atoms with Gasteiger partial charge in [-0.3, -0.25) is 0 Å². The zero-order valence-electron chi connectivity index (χ0n) is 11.4. The summed E-state index contributed by atoms with van der Waals surface area (Å²) in [5.74, 6) is 0.661. The van der Waals surface area contributed by atoms with E-state index in [2.05, 4.69) is 6.58 Å². The Kier molecular flexibility index (Phi) is 3.18. The van der Waals surface area contributed by atoms with Gasteiger partial charge in [-0.1, -0.05) is 6.58 Å². The first-order valence-electron chi connectivity index (χ1n) is 7.16. The molecule has 4 fully saturated rings. The Labute approximate surface area is 113 Å². The molecule has 1 spiro atoms. The summed E-state index contributed by atoms with van der Waals surface area (Å²) in [6.45, 7) is 5.99. The maximum atomic E-state index is 11.7. The van der Waals surface area contributed by atoms with E-state index in [0.29, 0.717) is 24.0 Å². The highest BCUT2D eigenvalue weighted by Gasteiger charge is 2.55. The SMILES string of the molecule is C=C(C)C(=O)OC1CC2CCC1CC21COC(O)C1. The molecule has 0 amide bonds. The molecule has 3 aliphatic carbocycles. The number of carbonyl (C=O) groups excluding carboxylic acids is 1. The van der Waals surface area contributed by atoms with E-state index in [4.69, 9.17) is 9.47 Å². The number of esters is 1. The number of fused-ring (bicyclic) bond motifs is 2. The van der Waals surface area contributed by atoms with Gasteiger partial charge in [0.15, 0.2) is 6.29 Å². The smallest absolute Gasteiger partial charge is 0.333 e. The highest BCUT2D eigenvalue weighted by atomic mass is 16.6. The molecular formula is C15H22O4. The van der Waals surface area contributed by atoms with Crippen LogP contribution in [0.5, 0.6) is 0 Å². The van der Waals surface area contributed by atoms with E-state index < -0.39 is 6.29 Å². The molecule has 0 aromatic carbocycles. The minimum absolute atomic E-state index is 0.0336. The molecule has 1 saturated heterocycles. The third kappa shape index (κ3) is 2.21. The lowest BCUT2D eigenvalue weighted by Gasteiger charge is -2.52. The molecule has 4 heteroatoms. The summed E-state index contributed by atoms with van der Waals surface area (Å²) in [5.41, 5.74) is 0.602. The summed E-state index contributed by atoms with van der Waals surface area (Å²) in [6.07, 6.45) is 4.40. The van der Waals surface area contributed by atoms with Gasteiger partial charge >= 0.3 is 5.97 Å². The fraction of sp³-hybridized carbons (Fsp3) is 0.800. The Hall–Kier alpha value is -0.870. The van der Waals surface area contributed by atoms with Crippen molar-refractivity contribution >= 4 is 5.97 Å². The van der Waals surface area contributed by atoms with Crippen molar-refractivity contribution in [2.45, 2.75) is 51.4 Å². The second kappa shape index (κ2) is 4.60. The van der Waals surface area contributed by atoms with Crippen LogP contribution < -0.4 is 0 Å². The Morgan fingerprint density at radius 2 is 2.21 bits per heavy atom. The van der Waals surface area contributed by atoms with Crippen LogP contribution in [0.25, 0.3) is 0 Å². The van der Waals surface area contributed by atoms with Crippen molar-refractivity contribution in [3.63, 3.8) is 0 Å². The number of carbonyl (C=O) groups is 1. The van der Waals surface area contributed by atoms with Gasteiger partial charge in [0.25, 0.3) is 0 Å². The van der Waals surface area contributed by atoms with E-state index in [9.17, 15) is 9.90 Å². The van der Waals surface area contributed by atoms with Gasteiger partial charge in [0.05, 0.1) is 6.61 Å². The van der Waals surface area contributed by atoms with E-state index in [-0.39, 0.29) is 17.5 Å². The van der Waals surface area contributed by atoms with Crippen molar-refractivity contribution in [3.05, 3.63) is 12.2 Å². The summed E-state index contributed by atoms with van der Waals surface area (Å²) in [4.78, 5) is 11.7. The summed E-state index contributed by atoms with van der Waals surface area (Å²) < 4.78 is 11.0. The first kappa shape index (κ1) is 13.1. The molecule has 5 unspecified atom stereocenters. The van der Waals surface area contributed by atoms with Crippen LogP contribution in [0.15, 0.2) is 12.2 Å². The number of ether oxygens (including phenoxy) is 2. The monoisotopic (exact) mass is 266 g/mol. The lowest BCUT2D eigenvalue weighted by molar-refractivity contribution is -0.160. The molecule has 0 aromatic rings. The molecule has 2 bridgehead atoms. The minimum atomic E-state index is -0.601. The number of hydrogen-bond acceptors (Lipinski definition) is 4. The van der Waals surface area contributed by atoms with Crippen molar-refractivity contribution < 1.29 is 19.4 Å². The average Bonchev–Trinajstić information content (AvgIpc) is 2.72. The van der Waals surface area contributed by atoms with Crippen molar-refractivity contribution in [2.75, 3.05) is 6.61 Å².